The molecule has 0 aliphatic heterocycles. The van der Waals surface area contributed by atoms with E-state index in [1.807, 2.05) is 0 Å². The van der Waals surface area contributed by atoms with E-state index in [-0.39, 0.29) is 5.78 Å². The third-order valence-corrected chi connectivity index (χ3v) is 2.23. The van der Waals surface area contributed by atoms with Crippen LogP contribution in [0.4, 0.5) is 0 Å². The second kappa shape index (κ2) is 3.71. The van der Waals surface area contributed by atoms with Crippen LogP contribution in [-0.2, 0) is 0 Å². The fraction of sp³-hybridized carbons (Fsp3) is 0.167. The maximum absolute atomic E-state index is 10.8. The average molecular weight is 186 g/mol. The first-order valence-corrected chi connectivity index (χ1v) is 4.05. The molecule has 2 N–H and O–H groups in total. The number of hydrogen-bond acceptors (Lipinski definition) is 5. The van der Waals surface area contributed by atoms with E-state index in [2.05, 4.69) is 4.65 Å². The van der Waals surface area contributed by atoms with Crippen LogP contribution in [0.1, 0.15) is 16.6 Å². The predicted octanol–water partition coefficient (Wildman–Crippen LogP) is 0.299. The van der Waals surface area contributed by atoms with Crippen LogP contribution in [0.15, 0.2) is 12.1 Å². The van der Waals surface area contributed by atoms with Gasteiger partial charge in [-0.1, -0.05) is 11.3 Å². The van der Waals surface area contributed by atoms with Gasteiger partial charge in [0.1, 0.15) is 0 Å². The summed E-state index contributed by atoms with van der Waals surface area (Å²) >= 11 is 1.08. The van der Waals surface area contributed by atoms with E-state index in [4.69, 9.17) is 10.0 Å². The van der Waals surface area contributed by atoms with Crippen molar-refractivity contribution in [3.05, 3.63) is 17.0 Å². The molecule has 0 unspecified atom stereocenters. The van der Waals surface area contributed by atoms with Gasteiger partial charge in [0.2, 0.25) is 0 Å². The molecule has 0 amide bonds. The van der Waals surface area contributed by atoms with Crippen LogP contribution in [-0.4, -0.2) is 23.2 Å². The van der Waals surface area contributed by atoms with Gasteiger partial charge in [0.25, 0.3) is 0 Å². The molecule has 0 aliphatic rings. The van der Waals surface area contributed by atoms with Gasteiger partial charge >= 0.3 is 7.32 Å². The van der Waals surface area contributed by atoms with E-state index in [1.165, 1.54) is 13.0 Å². The van der Waals surface area contributed by atoms with Crippen molar-refractivity contribution in [1.82, 2.24) is 0 Å². The number of rotatable bonds is 3. The van der Waals surface area contributed by atoms with Crippen LogP contribution in [0, 0.1) is 0 Å². The number of thiophene rings is 1. The van der Waals surface area contributed by atoms with E-state index in [0.29, 0.717) is 9.94 Å². The first kappa shape index (κ1) is 9.24. The zero-order valence-electron chi connectivity index (χ0n) is 6.35. The fourth-order valence-corrected chi connectivity index (χ4v) is 1.44. The van der Waals surface area contributed by atoms with Crippen molar-refractivity contribution < 1.29 is 19.5 Å². The molecule has 4 nitrogen and oxygen atoms in total. The minimum atomic E-state index is -1.83. The first-order valence-electron chi connectivity index (χ1n) is 3.23. The van der Waals surface area contributed by atoms with Crippen molar-refractivity contribution in [3.63, 3.8) is 0 Å². The molecule has 0 saturated heterocycles. The van der Waals surface area contributed by atoms with Gasteiger partial charge in [0.05, 0.1) is 4.88 Å². The Bertz CT molecular complexity index is 283. The summed E-state index contributed by atoms with van der Waals surface area (Å²) in [5.41, 5.74) is 0. The Balaban J connectivity index is 2.71. The highest BCUT2D eigenvalue weighted by atomic mass is 32.1. The lowest BCUT2D eigenvalue weighted by Gasteiger charge is -1.97. The van der Waals surface area contributed by atoms with Crippen LogP contribution < -0.4 is 4.65 Å². The summed E-state index contributed by atoms with van der Waals surface area (Å²) in [7, 11) is -1.83. The Hall–Kier alpha value is -0.845. The van der Waals surface area contributed by atoms with Crippen molar-refractivity contribution in [3.8, 4) is 5.06 Å². The van der Waals surface area contributed by atoms with Crippen LogP contribution in [0.5, 0.6) is 5.06 Å². The monoisotopic (exact) mass is 186 g/mol. The molecule has 0 fully saturated rings. The highest BCUT2D eigenvalue weighted by Gasteiger charge is 2.13. The number of Topliss-reactive ketones (excluding diaryl/α,β-unsaturated/α-hetero) is 1. The summed E-state index contributed by atoms with van der Waals surface area (Å²) in [5, 5.41) is 17.1. The topological polar surface area (TPSA) is 66.8 Å². The standard InChI is InChI=1S/C6H7BO4S/c1-4(8)5-2-3-6(12-5)11-7(9)10/h2-3,9-10H,1H3. The highest BCUT2D eigenvalue weighted by Crippen LogP contribution is 2.24. The molecule has 1 heterocycles. The van der Waals surface area contributed by atoms with Gasteiger partial charge in [-0.2, -0.15) is 0 Å². The Morgan fingerprint density at radius 3 is 2.67 bits per heavy atom. The Morgan fingerprint density at radius 1 is 1.58 bits per heavy atom. The Kier molecular flexibility index (Phi) is 2.85. The summed E-state index contributed by atoms with van der Waals surface area (Å²) in [5.74, 6) is -0.0673. The van der Waals surface area contributed by atoms with Crippen LogP contribution in [0.2, 0.25) is 0 Å². The van der Waals surface area contributed by atoms with Gasteiger partial charge in [0, 0.05) is 0 Å². The summed E-state index contributed by atoms with van der Waals surface area (Å²) in [4.78, 5) is 11.3. The normalized spacial score (nSPS) is 9.58. The van der Waals surface area contributed by atoms with Gasteiger partial charge in [-0.15, -0.1) is 0 Å². The zero-order valence-corrected chi connectivity index (χ0v) is 7.17. The van der Waals surface area contributed by atoms with Gasteiger partial charge < -0.3 is 14.7 Å². The molecule has 0 radical (unpaired) electrons. The lowest BCUT2D eigenvalue weighted by atomic mass is 10.3. The van der Waals surface area contributed by atoms with Crippen LogP contribution in [0.3, 0.4) is 0 Å². The van der Waals surface area contributed by atoms with Gasteiger partial charge in [-0.05, 0) is 19.1 Å². The summed E-state index contributed by atoms with van der Waals surface area (Å²) in [6, 6.07) is 3.09. The fourth-order valence-electron chi connectivity index (χ4n) is 0.677. The second-order valence-corrected chi connectivity index (χ2v) is 3.17. The quantitative estimate of drug-likeness (QED) is 0.526. The minimum absolute atomic E-state index is 0.0673. The molecule has 0 saturated carbocycles. The third-order valence-electron chi connectivity index (χ3n) is 1.15. The summed E-state index contributed by atoms with van der Waals surface area (Å²) < 4.78 is 4.52. The average Bonchev–Trinajstić information content (AvgIpc) is 2.34. The Morgan fingerprint density at radius 2 is 2.25 bits per heavy atom. The maximum Gasteiger partial charge on any atom is 0.708 e. The number of carbonyl (C=O) groups is 1. The molecule has 1 rings (SSSR count). The molecule has 12 heavy (non-hydrogen) atoms. The predicted molar refractivity (Wildman–Crippen MR) is 45.1 cm³/mol. The van der Waals surface area contributed by atoms with Gasteiger partial charge in [-0.3, -0.25) is 4.79 Å². The van der Waals surface area contributed by atoms with Crippen molar-refractivity contribution in [2.45, 2.75) is 6.92 Å². The molecule has 0 bridgehead atoms. The number of ketones is 1. The smallest absolute Gasteiger partial charge is 0.504 e. The van der Waals surface area contributed by atoms with Crippen LogP contribution >= 0.6 is 11.3 Å². The van der Waals surface area contributed by atoms with E-state index in [0.717, 1.165) is 11.3 Å². The molecule has 0 aromatic carbocycles. The molecular formula is C6H7BO4S. The number of carbonyl (C=O) groups excluding carboxylic acids is 1. The van der Waals surface area contributed by atoms with E-state index >= 15 is 0 Å². The molecular weight excluding hydrogens is 179 g/mol. The third kappa shape index (κ3) is 2.33. The SMILES string of the molecule is CC(=O)c1ccc(OB(O)O)s1. The molecule has 1 aromatic heterocycles. The van der Waals surface area contributed by atoms with Gasteiger partial charge in [-0.25, -0.2) is 0 Å². The summed E-state index contributed by atoms with van der Waals surface area (Å²) in [6.07, 6.45) is 0. The lowest BCUT2D eigenvalue weighted by molar-refractivity contribution is 0.102. The highest BCUT2D eigenvalue weighted by molar-refractivity contribution is 7.16. The van der Waals surface area contributed by atoms with Crippen molar-refractivity contribution in [2.75, 3.05) is 0 Å². The molecule has 0 spiro atoms. The molecule has 6 heteroatoms. The van der Waals surface area contributed by atoms with Crippen molar-refractivity contribution >= 4 is 24.4 Å². The second-order valence-electron chi connectivity index (χ2n) is 2.12. The van der Waals surface area contributed by atoms with Crippen molar-refractivity contribution in [1.29, 1.82) is 0 Å². The van der Waals surface area contributed by atoms with E-state index in [1.54, 1.807) is 6.07 Å². The minimum Gasteiger partial charge on any atom is -0.504 e. The molecule has 0 aliphatic carbocycles. The molecule has 0 atom stereocenters. The van der Waals surface area contributed by atoms with E-state index in [9.17, 15) is 4.79 Å². The molecule has 1 aromatic rings. The largest absolute Gasteiger partial charge is 0.708 e. The van der Waals surface area contributed by atoms with E-state index < -0.39 is 7.32 Å². The summed E-state index contributed by atoms with van der Waals surface area (Å²) in [6.45, 7) is 1.44. The zero-order chi connectivity index (χ0) is 9.14. The van der Waals surface area contributed by atoms with Gasteiger partial charge in [0.15, 0.2) is 10.8 Å². The lowest BCUT2D eigenvalue weighted by Crippen LogP contribution is -2.19. The first-order chi connectivity index (χ1) is 5.59. The molecule has 64 valence electrons. The maximum atomic E-state index is 10.8. The Labute approximate surface area is 73.6 Å². The number of hydrogen-bond donors (Lipinski definition) is 2. The van der Waals surface area contributed by atoms with Crippen LogP contribution in [0.25, 0.3) is 0 Å². The van der Waals surface area contributed by atoms with Crippen molar-refractivity contribution in [2.24, 2.45) is 0 Å².